The first-order valence-electron chi connectivity index (χ1n) is 4.35. The van der Waals surface area contributed by atoms with Gasteiger partial charge in [0.1, 0.15) is 0 Å². The SMILES string of the molecule is CCC1OCC(C)C(C)(C)O1. The second-order valence-electron chi connectivity index (χ2n) is 3.79. The molecule has 0 aromatic rings. The van der Waals surface area contributed by atoms with E-state index in [0.29, 0.717) is 5.92 Å². The molecule has 1 rings (SSSR count). The predicted molar refractivity (Wildman–Crippen MR) is 44.4 cm³/mol. The molecule has 2 unspecified atom stereocenters. The summed E-state index contributed by atoms with van der Waals surface area (Å²) in [4.78, 5) is 0. The normalized spacial score (nSPS) is 37.1. The van der Waals surface area contributed by atoms with Gasteiger partial charge in [-0.25, -0.2) is 0 Å². The zero-order valence-corrected chi connectivity index (χ0v) is 7.89. The van der Waals surface area contributed by atoms with Crippen LogP contribution in [-0.4, -0.2) is 18.5 Å². The third-order valence-corrected chi connectivity index (χ3v) is 2.49. The largest absolute Gasteiger partial charge is 0.352 e. The van der Waals surface area contributed by atoms with Gasteiger partial charge in [-0.15, -0.1) is 0 Å². The Bertz CT molecular complexity index is 132. The maximum absolute atomic E-state index is 5.71. The van der Waals surface area contributed by atoms with Gasteiger partial charge in [-0.2, -0.15) is 0 Å². The summed E-state index contributed by atoms with van der Waals surface area (Å²) in [5.41, 5.74) is -0.0150. The molecule has 1 heterocycles. The number of hydrogen-bond acceptors (Lipinski definition) is 2. The molecule has 0 aromatic heterocycles. The van der Waals surface area contributed by atoms with Crippen molar-refractivity contribution in [3.05, 3.63) is 0 Å². The van der Waals surface area contributed by atoms with Gasteiger partial charge in [-0.05, 0) is 20.3 Å². The molecule has 0 N–H and O–H groups in total. The van der Waals surface area contributed by atoms with E-state index >= 15 is 0 Å². The van der Waals surface area contributed by atoms with Crippen LogP contribution in [0.2, 0.25) is 0 Å². The monoisotopic (exact) mass is 158 g/mol. The Balaban J connectivity index is 2.52. The average Bonchev–Trinajstić information content (AvgIpc) is 1.95. The van der Waals surface area contributed by atoms with Gasteiger partial charge in [0, 0.05) is 5.92 Å². The molecule has 2 atom stereocenters. The molecule has 2 heteroatoms. The van der Waals surface area contributed by atoms with Gasteiger partial charge in [0.05, 0.1) is 12.2 Å². The Morgan fingerprint density at radius 3 is 2.55 bits per heavy atom. The van der Waals surface area contributed by atoms with Crippen LogP contribution in [0.25, 0.3) is 0 Å². The van der Waals surface area contributed by atoms with Crippen LogP contribution >= 0.6 is 0 Å². The lowest BCUT2D eigenvalue weighted by atomic mass is 9.92. The molecule has 66 valence electrons. The van der Waals surface area contributed by atoms with E-state index < -0.39 is 0 Å². The fourth-order valence-corrected chi connectivity index (χ4v) is 1.14. The van der Waals surface area contributed by atoms with Gasteiger partial charge in [-0.3, -0.25) is 0 Å². The van der Waals surface area contributed by atoms with Gasteiger partial charge < -0.3 is 9.47 Å². The van der Waals surface area contributed by atoms with Gasteiger partial charge in [0.2, 0.25) is 0 Å². The topological polar surface area (TPSA) is 18.5 Å². The minimum atomic E-state index is -0.0150. The van der Waals surface area contributed by atoms with Crippen molar-refractivity contribution >= 4 is 0 Å². The Labute approximate surface area is 68.9 Å². The fourth-order valence-electron chi connectivity index (χ4n) is 1.14. The van der Waals surface area contributed by atoms with Crippen LogP contribution in [0.15, 0.2) is 0 Å². The smallest absolute Gasteiger partial charge is 0.158 e. The zero-order valence-electron chi connectivity index (χ0n) is 7.89. The summed E-state index contributed by atoms with van der Waals surface area (Å²) in [7, 11) is 0. The van der Waals surface area contributed by atoms with Crippen LogP contribution in [0.5, 0.6) is 0 Å². The first-order chi connectivity index (χ1) is 5.06. The van der Waals surface area contributed by atoms with E-state index in [4.69, 9.17) is 9.47 Å². The maximum Gasteiger partial charge on any atom is 0.158 e. The molecular weight excluding hydrogens is 140 g/mol. The van der Waals surface area contributed by atoms with E-state index in [-0.39, 0.29) is 11.9 Å². The molecule has 1 fully saturated rings. The Kier molecular flexibility index (Phi) is 2.55. The van der Waals surface area contributed by atoms with E-state index in [1.807, 2.05) is 0 Å². The fraction of sp³-hybridized carbons (Fsp3) is 1.00. The van der Waals surface area contributed by atoms with Crippen LogP contribution in [-0.2, 0) is 9.47 Å². The van der Waals surface area contributed by atoms with Crippen molar-refractivity contribution in [3.8, 4) is 0 Å². The minimum Gasteiger partial charge on any atom is -0.352 e. The third-order valence-electron chi connectivity index (χ3n) is 2.49. The van der Waals surface area contributed by atoms with Crippen molar-refractivity contribution in [2.75, 3.05) is 6.61 Å². The molecule has 1 aliphatic heterocycles. The average molecular weight is 158 g/mol. The molecule has 0 aliphatic carbocycles. The lowest BCUT2D eigenvalue weighted by Crippen LogP contribution is -2.45. The molecule has 0 bridgehead atoms. The van der Waals surface area contributed by atoms with Crippen LogP contribution in [0.1, 0.15) is 34.1 Å². The van der Waals surface area contributed by atoms with Crippen LogP contribution < -0.4 is 0 Å². The van der Waals surface area contributed by atoms with Crippen molar-refractivity contribution in [2.24, 2.45) is 5.92 Å². The summed E-state index contributed by atoms with van der Waals surface area (Å²) in [5, 5.41) is 0. The maximum atomic E-state index is 5.71. The molecule has 0 radical (unpaired) electrons. The van der Waals surface area contributed by atoms with Crippen molar-refractivity contribution in [3.63, 3.8) is 0 Å². The lowest BCUT2D eigenvalue weighted by molar-refractivity contribution is -0.267. The van der Waals surface area contributed by atoms with Crippen molar-refractivity contribution in [2.45, 2.75) is 46.0 Å². The molecule has 1 saturated heterocycles. The lowest BCUT2D eigenvalue weighted by Gasteiger charge is -2.40. The summed E-state index contributed by atoms with van der Waals surface area (Å²) in [6, 6.07) is 0. The van der Waals surface area contributed by atoms with E-state index in [1.165, 1.54) is 0 Å². The predicted octanol–water partition coefficient (Wildman–Crippen LogP) is 2.18. The molecule has 1 aliphatic rings. The minimum absolute atomic E-state index is 0.0150. The van der Waals surface area contributed by atoms with Gasteiger partial charge in [-0.1, -0.05) is 13.8 Å². The molecule has 11 heavy (non-hydrogen) atoms. The van der Waals surface area contributed by atoms with E-state index in [9.17, 15) is 0 Å². The number of ether oxygens (including phenoxy) is 2. The number of hydrogen-bond donors (Lipinski definition) is 0. The zero-order chi connectivity index (χ0) is 8.48. The van der Waals surface area contributed by atoms with E-state index in [2.05, 4.69) is 27.7 Å². The second kappa shape index (κ2) is 3.11. The molecule has 0 saturated carbocycles. The second-order valence-corrected chi connectivity index (χ2v) is 3.79. The van der Waals surface area contributed by atoms with Crippen LogP contribution in [0, 0.1) is 5.92 Å². The molecule has 0 amide bonds. The summed E-state index contributed by atoms with van der Waals surface area (Å²) >= 11 is 0. The van der Waals surface area contributed by atoms with Crippen molar-refractivity contribution in [1.29, 1.82) is 0 Å². The highest BCUT2D eigenvalue weighted by molar-refractivity contribution is 4.79. The van der Waals surface area contributed by atoms with Crippen molar-refractivity contribution in [1.82, 2.24) is 0 Å². The Morgan fingerprint density at radius 1 is 1.45 bits per heavy atom. The highest BCUT2D eigenvalue weighted by atomic mass is 16.7. The quantitative estimate of drug-likeness (QED) is 0.582. The first kappa shape index (κ1) is 9.01. The summed E-state index contributed by atoms with van der Waals surface area (Å²) < 4.78 is 11.2. The summed E-state index contributed by atoms with van der Waals surface area (Å²) in [6.07, 6.45) is 0.956. The Hall–Kier alpha value is -0.0800. The van der Waals surface area contributed by atoms with Gasteiger partial charge in [0.15, 0.2) is 6.29 Å². The van der Waals surface area contributed by atoms with E-state index in [1.54, 1.807) is 0 Å². The summed E-state index contributed by atoms with van der Waals surface area (Å²) in [6.45, 7) is 9.32. The number of rotatable bonds is 1. The molecule has 2 nitrogen and oxygen atoms in total. The highest BCUT2D eigenvalue weighted by Gasteiger charge is 2.34. The van der Waals surface area contributed by atoms with Crippen LogP contribution in [0.3, 0.4) is 0 Å². The van der Waals surface area contributed by atoms with Gasteiger partial charge >= 0.3 is 0 Å². The first-order valence-corrected chi connectivity index (χ1v) is 4.35. The molecule has 0 spiro atoms. The van der Waals surface area contributed by atoms with E-state index in [0.717, 1.165) is 13.0 Å². The summed E-state index contributed by atoms with van der Waals surface area (Å²) in [5.74, 6) is 0.491. The third kappa shape index (κ3) is 1.94. The standard InChI is InChI=1S/C9H18O2/c1-5-8-10-6-7(2)9(3,4)11-8/h7-8H,5-6H2,1-4H3. The van der Waals surface area contributed by atoms with Crippen molar-refractivity contribution < 1.29 is 9.47 Å². The Morgan fingerprint density at radius 2 is 2.09 bits per heavy atom. The molecule has 0 aromatic carbocycles. The van der Waals surface area contributed by atoms with Crippen LogP contribution in [0.4, 0.5) is 0 Å². The van der Waals surface area contributed by atoms with Gasteiger partial charge in [0.25, 0.3) is 0 Å². The molecular formula is C9H18O2. The highest BCUT2D eigenvalue weighted by Crippen LogP contribution is 2.29.